The van der Waals surface area contributed by atoms with Gasteiger partial charge in [0.2, 0.25) is 0 Å². The Labute approximate surface area is 128 Å². The summed E-state index contributed by atoms with van der Waals surface area (Å²) in [7, 11) is 2.09. The maximum atomic E-state index is 11.7. The molecule has 0 saturated carbocycles. The summed E-state index contributed by atoms with van der Waals surface area (Å²) < 4.78 is 5.16. The number of fused-ring (bicyclic) bond motifs is 1. The molecular formula is C18H18NO3+. The van der Waals surface area contributed by atoms with Gasteiger partial charge in [-0.05, 0) is 12.1 Å². The molecule has 1 unspecified atom stereocenters. The number of quaternary nitrogens is 1. The molecule has 112 valence electrons. The van der Waals surface area contributed by atoms with Crippen molar-refractivity contribution in [2.45, 2.75) is 13.1 Å². The monoisotopic (exact) mass is 296 g/mol. The number of phenolic OH excluding ortho intramolecular Hbond substituents is 1. The van der Waals surface area contributed by atoms with Gasteiger partial charge in [-0.1, -0.05) is 30.3 Å². The third kappa shape index (κ3) is 3.18. The van der Waals surface area contributed by atoms with Gasteiger partial charge in [-0.2, -0.15) is 0 Å². The molecular weight excluding hydrogens is 278 g/mol. The SMILES string of the molecule is C[NH+](Cc1ccccc1)Cc1cc(=O)oc2cc(O)ccc12. The predicted molar refractivity (Wildman–Crippen MR) is 84.9 cm³/mol. The Morgan fingerprint density at radius 1 is 1.05 bits per heavy atom. The maximum Gasteiger partial charge on any atom is 0.336 e. The molecule has 0 aliphatic carbocycles. The van der Waals surface area contributed by atoms with E-state index in [0.29, 0.717) is 12.1 Å². The first kappa shape index (κ1) is 14.4. The number of rotatable bonds is 4. The minimum Gasteiger partial charge on any atom is -0.508 e. The Kier molecular flexibility index (Phi) is 3.94. The van der Waals surface area contributed by atoms with Crippen LogP contribution in [0.15, 0.2) is 63.8 Å². The molecule has 1 aromatic heterocycles. The fourth-order valence-electron chi connectivity index (χ4n) is 2.70. The van der Waals surface area contributed by atoms with Crippen molar-refractivity contribution in [3.8, 4) is 5.75 Å². The molecule has 3 aromatic rings. The number of phenols is 1. The van der Waals surface area contributed by atoms with Gasteiger partial charge in [0.25, 0.3) is 0 Å². The lowest BCUT2D eigenvalue weighted by molar-refractivity contribution is -0.907. The number of nitrogens with one attached hydrogen (secondary N) is 1. The van der Waals surface area contributed by atoms with Crippen molar-refractivity contribution in [2.75, 3.05) is 7.05 Å². The summed E-state index contributed by atoms with van der Waals surface area (Å²) in [6.07, 6.45) is 0. The molecule has 0 aliphatic heterocycles. The quantitative estimate of drug-likeness (QED) is 0.721. The molecule has 2 aromatic carbocycles. The minimum atomic E-state index is -0.388. The van der Waals surface area contributed by atoms with Crippen LogP contribution in [0.5, 0.6) is 5.75 Å². The zero-order chi connectivity index (χ0) is 15.5. The number of benzene rings is 2. The van der Waals surface area contributed by atoms with Gasteiger partial charge in [0, 0.05) is 28.6 Å². The highest BCUT2D eigenvalue weighted by Crippen LogP contribution is 2.21. The molecule has 0 bridgehead atoms. The van der Waals surface area contributed by atoms with E-state index in [1.165, 1.54) is 22.6 Å². The second kappa shape index (κ2) is 6.03. The predicted octanol–water partition coefficient (Wildman–Crippen LogP) is 1.71. The third-order valence-corrected chi connectivity index (χ3v) is 3.65. The highest BCUT2D eigenvalue weighted by molar-refractivity contribution is 5.81. The third-order valence-electron chi connectivity index (χ3n) is 3.65. The van der Waals surface area contributed by atoms with Crippen LogP contribution in [0.3, 0.4) is 0 Å². The summed E-state index contributed by atoms with van der Waals surface area (Å²) in [4.78, 5) is 13.0. The van der Waals surface area contributed by atoms with E-state index in [1.54, 1.807) is 12.1 Å². The molecule has 0 aliphatic rings. The van der Waals surface area contributed by atoms with Crippen molar-refractivity contribution in [3.63, 3.8) is 0 Å². The standard InChI is InChI=1S/C18H17NO3/c1-19(11-13-5-3-2-4-6-13)12-14-9-18(21)22-17-10-15(20)7-8-16(14)17/h2-10,20H,11-12H2,1H3/p+1. The molecule has 0 amide bonds. The minimum absolute atomic E-state index is 0.0952. The Balaban J connectivity index is 1.88. The van der Waals surface area contributed by atoms with Crippen LogP contribution in [0.25, 0.3) is 11.0 Å². The van der Waals surface area contributed by atoms with E-state index in [-0.39, 0.29) is 11.4 Å². The summed E-state index contributed by atoms with van der Waals surface area (Å²) in [6.45, 7) is 1.59. The van der Waals surface area contributed by atoms with Crippen LogP contribution >= 0.6 is 0 Å². The van der Waals surface area contributed by atoms with Crippen LogP contribution in [0.2, 0.25) is 0 Å². The van der Waals surface area contributed by atoms with E-state index in [9.17, 15) is 9.90 Å². The number of hydrogen-bond donors (Lipinski definition) is 2. The van der Waals surface area contributed by atoms with Crippen molar-refractivity contribution in [2.24, 2.45) is 0 Å². The molecule has 0 saturated heterocycles. The molecule has 22 heavy (non-hydrogen) atoms. The van der Waals surface area contributed by atoms with Crippen LogP contribution in [-0.4, -0.2) is 12.2 Å². The number of hydrogen-bond acceptors (Lipinski definition) is 3. The largest absolute Gasteiger partial charge is 0.508 e. The summed E-state index contributed by atoms with van der Waals surface area (Å²) in [5.74, 6) is 0.0952. The lowest BCUT2D eigenvalue weighted by atomic mass is 10.1. The van der Waals surface area contributed by atoms with Crippen molar-refractivity contribution in [3.05, 3.63) is 76.1 Å². The molecule has 4 heteroatoms. The Morgan fingerprint density at radius 2 is 1.82 bits per heavy atom. The van der Waals surface area contributed by atoms with Gasteiger partial charge in [0.1, 0.15) is 24.4 Å². The first-order valence-electron chi connectivity index (χ1n) is 7.23. The van der Waals surface area contributed by atoms with E-state index in [1.807, 2.05) is 18.2 Å². The summed E-state index contributed by atoms with van der Waals surface area (Å²) in [6, 6.07) is 16.7. The summed E-state index contributed by atoms with van der Waals surface area (Å²) >= 11 is 0. The molecule has 1 atom stereocenters. The Hall–Kier alpha value is -2.59. The summed E-state index contributed by atoms with van der Waals surface area (Å²) in [5, 5.41) is 10.4. The van der Waals surface area contributed by atoms with E-state index in [0.717, 1.165) is 17.5 Å². The highest BCUT2D eigenvalue weighted by Gasteiger charge is 2.11. The molecule has 3 rings (SSSR count). The second-order valence-corrected chi connectivity index (χ2v) is 5.57. The van der Waals surface area contributed by atoms with Gasteiger partial charge in [0.15, 0.2) is 0 Å². The van der Waals surface area contributed by atoms with Gasteiger partial charge in [0.05, 0.1) is 7.05 Å². The average Bonchev–Trinajstić information content (AvgIpc) is 2.47. The number of aromatic hydroxyl groups is 1. The lowest BCUT2D eigenvalue weighted by Crippen LogP contribution is -3.06. The average molecular weight is 296 g/mol. The van der Waals surface area contributed by atoms with Crippen LogP contribution in [0.1, 0.15) is 11.1 Å². The molecule has 1 heterocycles. The first-order valence-corrected chi connectivity index (χ1v) is 7.23. The van der Waals surface area contributed by atoms with E-state index in [2.05, 4.69) is 19.2 Å². The van der Waals surface area contributed by atoms with Crippen LogP contribution in [-0.2, 0) is 13.1 Å². The van der Waals surface area contributed by atoms with E-state index >= 15 is 0 Å². The van der Waals surface area contributed by atoms with E-state index in [4.69, 9.17) is 4.42 Å². The van der Waals surface area contributed by atoms with Crippen LogP contribution < -0.4 is 10.5 Å². The van der Waals surface area contributed by atoms with Crippen molar-refractivity contribution < 1.29 is 14.4 Å². The molecule has 0 fully saturated rings. The Bertz CT molecular complexity index is 840. The molecule has 0 spiro atoms. The van der Waals surface area contributed by atoms with Gasteiger partial charge in [-0.3, -0.25) is 0 Å². The second-order valence-electron chi connectivity index (χ2n) is 5.57. The van der Waals surface area contributed by atoms with E-state index < -0.39 is 0 Å². The molecule has 2 N–H and O–H groups in total. The van der Waals surface area contributed by atoms with Gasteiger partial charge >= 0.3 is 5.63 Å². The fraction of sp³-hybridized carbons (Fsp3) is 0.167. The normalized spacial score (nSPS) is 12.4. The van der Waals surface area contributed by atoms with Crippen molar-refractivity contribution in [1.29, 1.82) is 0 Å². The zero-order valence-corrected chi connectivity index (χ0v) is 12.4. The molecule has 4 nitrogen and oxygen atoms in total. The van der Waals surface area contributed by atoms with Gasteiger partial charge in [-0.25, -0.2) is 4.79 Å². The summed E-state index contributed by atoms with van der Waals surface area (Å²) in [5.41, 5.74) is 2.22. The smallest absolute Gasteiger partial charge is 0.336 e. The maximum absolute atomic E-state index is 11.7. The van der Waals surface area contributed by atoms with Crippen molar-refractivity contribution >= 4 is 11.0 Å². The highest BCUT2D eigenvalue weighted by atomic mass is 16.4. The first-order chi connectivity index (χ1) is 10.6. The topological polar surface area (TPSA) is 54.9 Å². The van der Waals surface area contributed by atoms with Crippen LogP contribution in [0.4, 0.5) is 0 Å². The van der Waals surface area contributed by atoms with Crippen molar-refractivity contribution in [1.82, 2.24) is 0 Å². The zero-order valence-electron chi connectivity index (χ0n) is 12.4. The lowest BCUT2D eigenvalue weighted by Gasteiger charge is -2.15. The van der Waals surface area contributed by atoms with Crippen LogP contribution in [0, 0.1) is 0 Å². The Morgan fingerprint density at radius 3 is 2.59 bits per heavy atom. The van der Waals surface area contributed by atoms with Gasteiger partial charge in [-0.15, -0.1) is 0 Å². The molecule has 0 radical (unpaired) electrons. The van der Waals surface area contributed by atoms with Gasteiger partial charge < -0.3 is 14.4 Å². The fourth-order valence-corrected chi connectivity index (χ4v) is 2.70.